The predicted octanol–water partition coefficient (Wildman–Crippen LogP) is 1.84. The molecule has 0 amide bonds. The van der Waals surface area contributed by atoms with Crippen LogP contribution in [0.25, 0.3) is 0 Å². The number of aliphatic hydroxyl groups excluding tert-OH is 1. The second-order valence-electron chi connectivity index (χ2n) is 5.70. The third-order valence-electron chi connectivity index (χ3n) is 3.30. The predicted molar refractivity (Wildman–Crippen MR) is 74.1 cm³/mol. The summed E-state index contributed by atoms with van der Waals surface area (Å²) in [7, 11) is 0. The van der Waals surface area contributed by atoms with Crippen LogP contribution in [-0.2, 0) is 4.74 Å². The molecular weight excluding hydrogens is 240 g/mol. The molecule has 0 aliphatic carbocycles. The number of nitrogens with zero attached hydrogens (tertiary/aromatic N) is 2. The molecule has 0 bridgehead atoms. The van der Waals surface area contributed by atoms with Crippen molar-refractivity contribution in [1.82, 2.24) is 0 Å². The van der Waals surface area contributed by atoms with Gasteiger partial charge in [0.1, 0.15) is 6.07 Å². The molecule has 0 aromatic heterocycles. The monoisotopic (exact) mass is 260 g/mol. The Morgan fingerprint density at radius 1 is 1.53 bits per heavy atom. The summed E-state index contributed by atoms with van der Waals surface area (Å²) in [5, 5.41) is 18.6. The fourth-order valence-electron chi connectivity index (χ4n) is 2.57. The lowest BCUT2D eigenvalue weighted by Gasteiger charge is -2.43. The van der Waals surface area contributed by atoms with Crippen molar-refractivity contribution >= 4 is 5.69 Å². The Bertz CT molecular complexity index is 505. The van der Waals surface area contributed by atoms with E-state index in [2.05, 4.69) is 11.0 Å². The van der Waals surface area contributed by atoms with Gasteiger partial charge in [-0.1, -0.05) is 6.07 Å². The average Bonchev–Trinajstić information content (AvgIpc) is 2.36. The number of aliphatic hydroxyl groups is 1. The molecular formula is C15H20N2O2. The molecule has 4 heteroatoms. The molecule has 2 rings (SSSR count). The molecule has 1 aromatic rings. The van der Waals surface area contributed by atoms with Gasteiger partial charge in [0.25, 0.3) is 0 Å². The van der Waals surface area contributed by atoms with Crippen molar-refractivity contribution in [1.29, 1.82) is 5.26 Å². The van der Waals surface area contributed by atoms with Crippen LogP contribution in [0.4, 0.5) is 5.69 Å². The maximum absolute atomic E-state index is 9.35. The van der Waals surface area contributed by atoms with Gasteiger partial charge in [-0.2, -0.15) is 5.26 Å². The van der Waals surface area contributed by atoms with Crippen LogP contribution in [0.5, 0.6) is 0 Å². The fraction of sp³-hybridized carbons (Fsp3) is 0.533. The molecule has 0 radical (unpaired) electrons. The number of rotatable bonds is 2. The van der Waals surface area contributed by atoms with Gasteiger partial charge in [-0.15, -0.1) is 0 Å². The van der Waals surface area contributed by atoms with Crippen molar-refractivity contribution in [2.24, 2.45) is 0 Å². The van der Waals surface area contributed by atoms with E-state index in [-0.39, 0.29) is 18.3 Å². The van der Waals surface area contributed by atoms with Gasteiger partial charge in [-0.3, -0.25) is 0 Å². The summed E-state index contributed by atoms with van der Waals surface area (Å²) < 4.78 is 5.80. The number of aryl methyl sites for hydroxylation is 1. The Morgan fingerprint density at radius 3 is 2.89 bits per heavy atom. The van der Waals surface area contributed by atoms with E-state index < -0.39 is 0 Å². The van der Waals surface area contributed by atoms with E-state index in [1.165, 1.54) is 0 Å². The van der Waals surface area contributed by atoms with Crippen LogP contribution in [0.1, 0.15) is 25.0 Å². The van der Waals surface area contributed by atoms with Crippen LogP contribution >= 0.6 is 0 Å². The molecule has 1 aliphatic heterocycles. The standard InChI is InChI=1S/C15H20N2O2/c1-11-4-5-12(7-16)14(6-11)17-8-13(9-18)19-15(2,3)10-17/h4-6,13,18H,8-10H2,1-3H3. The third-order valence-corrected chi connectivity index (χ3v) is 3.30. The molecule has 102 valence electrons. The zero-order valence-corrected chi connectivity index (χ0v) is 11.7. The van der Waals surface area contributed by atoms with Crippen molar-refractivity contribution in [2.75, 3.05) is 24.6 Å². The molecule has 0 saturated carbocycles. The Kier molecular flexibility index (Phi) is 3.79. The van der Waals surface area contributed by atoms with Crippen LogP contribution in [-0.4, -0.2) is 36.5 Å². The molecule has 1 fully saturated rings. The molecule has 0 spiro atoms. The van der Waals surface area contributed by atoms with E-state index in [9.17, 15) is 10.4 Å². The van der Waals surface area contributed by atoms with Crippen molar-refractivity contribution in [2.45, 2.75) is 32.5 Å². The largest absolute Gasteiger partial charge is 0.394 e. The van der Waals surface area contributed by atoms with E-state index in [4.69, 9.17) is 4.74 Å². The number of hydrogen-bond donors (Lipinski definition) is 1. The first-order chi connectivity index (χ1) is 8.95. The number of morpholine rings is 1. The lowest BCUT2D eigenvalue weighted by atomic mass is 10.0. The summed E-state index contributed by atoms with van der Waals surface area (Å²) in [6, 6.07) is 8.05. The summed E-state index contributed by atoms with van der Waals surface area (Å²) >= 11 is 0. The summed E-state index contributed by atoms with van der Waals surface area (Å²) in [6.45, 7) is 7.33. The minimum absolute atomic E-state index is 0.00632. The third kappa shape index (κ3) is 3.06. The van der Waals surface area contributed by atoms with Gasteiger partial charge in [0.2, 0.25) is 0 Å². The molecule has 1 saturated heterocycles. The number of anilines is 1. The maximum Gasteiger partial charge on any atom is 0.101 e. The highest BCUT2D eigenvalue weighted by molar-refractivity contribution is 5.61. The highest BCUT2D eigenvalue weighted by Crippen LogP contribution is 2.29. The normalized spacial score (nSPS) is 22.1. The highest BCUT2D eigenvalue weighted by atomic mass is 16.5. The number of benzene rings is 1. The summed E-state index contributed by atoms with van der Waals surface area (Å²) in [4.78, 5) is 2.13. The minimum atomic E-state index is -0.331. The van der Waals surface area contributed by atoms with Gasteiger partial charge >= 0.3 is 0 Å². The van der Waals surface area contributed by atoms with Gasteiger partial charge in [0, 0.05) is 13.1 Å². The van der Waals surface area contributed by atoms with Crippen molar-refractivity contribution in [3.05, 3.63) is 29.3 Å². The van der Waals surface area contributed by atoms with Crippen LogP contribution in [0, 0.1) is 18.3 Å². The molecule has 19 heavy (non-hydrogen) atoms. The second-order valence-corrected chi connectivity index (χ2v) is 5.70. The van der Waals surface area contributed by atoms with Gasteiger partial charge in [-0.05, 0) is 38.5 Å². The smallest absolute Gasteiger partial charge is 0.101 e. The molecule has 1 aliphatic rings. The molecule has 1 aromatic carbocycles. The summed E-state index contributed by atoms with van der Waals surface area (Å²) in [6.07, 6.45) is -0.212. The van der Waals surface area contributed by atoms with Crippen LogP contribution in [0.3, 0.4) is 0 Å². The van der Waals surface area contributed by atoms with Crippen LogP contribution < -0.4 is 4.90 Å². The average molecular weight is 260 g/mol. The Hall–Kier alpha value is -1.57. The van der Waals surface area contributed by atoms with Crippen molar-refractivity contribution < 1.29 is 9.84 Å². The Balaban J connectivity index is 2.35. The molecule has 1 unspecified atom stereocenters. The first-order valence-electron chi connectivity index (χ1n) is 6.49. The lowest BCUT2D eigenvalue weighted by Crippen LogP contribution is -2.54. The van der Waals surface area contributed by atoms with E-state index in [1.807, 2.05) is 39.0 Å². The van der Waals surface area contributed by atoms with Crippen molar-refractivity contribution in [3.8, 4) is 6.07 Å². The fourth-order valence-corrected chi connectivity index (χ4v) is 2.57. The topological polar surface area (TPSA) is 56.5 Å². The zero-order valence-electron chi connectivity index (χ0n) is 11.7. The number of hydrogen-bond acceptors (Lipinski definition) is 4. The first kappa shape index (κ1) is 13.9. The molecule has 1 N–H and O–H groups in total. The Labute approximate surface area is 114 Å². The number of nitriles is 1. The van der Waals surface area contributed by atoms with Crippen molar-refractivity contribution in [3.63, 3.8) is 0 Å². The quantitative estimate of drug-likeness (QED) is 0.881. The van der Waals surface area contributed by atoms with E-state index in [0.29, 0.717) is 18.7 Å². The van der Waals surface area contributed by atoms with Gasteiger partial charge in [-0.25, -0.2) is 0 Å². The minimum Gasteiger partial charge on any atom is -0.394 e. The van der Waals surface area contributed by atoms with Gasteiger partial charge < -0.3 is 14.7 Å². The highest BCUT2D eigenvalue weighted by Gasteiger charge is 2.33. The van der Waals surface area contributed by atoms with E-state index >= 15 is 0 Å². The zero-order chi connectivity index (χ0) is 14.0. The summed E-state index contributed by atoms with van der Waals surface area (Å²) in [5.41, 5.74) is 2.39. The second kappa shape index (κ2) is 5.20. The first-order valence-corrected chi connectivity index (χ1v) is 6.49. The van der Waals surface area contributed by atoms with Crippen LogP contribution in [0.15, 0.2) is 18.2 Å². The number of ether oxygens (including phenoxy) is 1. The lowest BCUT2D eigenvalue weighted by molar-refractivity contribution is -0.101. The van der Waals surface area contributed by atoms with E-state index in [1.54, 1.807) is 0 Å². The maximum atomic E-state index is 9.35. The van der Waals surface area contributed by atoms with Crippen LogP contribution in [0.2, 0.25) is 0 Å². The van der Waals surface area contributed by atoms with E-state index in [0.717, 1.165) is 11.3 Å². The van der Waals surface area contributed by atoms with Gasteiger partial charge in [0.05, 0.1) is 29.6 Å². The SMILES string of the molecule is Cc1ccc(C#N)c(N2CC(CO)OC(C)(C)C2)c1. The van der Waals surface area contributed by atoms with Gasteiger partial charge in [0.15, 0.2) is 0 Å². The summed E-state index contributed by atoms with van der Waals surface area (Å²) in [5.74, 6) is 0. The Morgan fingerprint density at radius 2 is 2.26 bits per heavy atom. The molecule has 4 nitrogen and oxygen atoms in total. The molecule has 1 atom stereocenters. The molecule has 1 heterocycles.